The number of aromatic nitrogens is 2. The molecule has 0 spiro atoms. The molecule has 0 atom stereocenters. The molecule has 0 saturated carbocycles. The fraction of sp³-hybridized carbons (Fsp3) is 0.444. The second kappa shape index (κ2) is 5.54. The van der Waals surface area contributed by atoms with Crippen LogP contribution >= 0.6 is 0 Å². The van der Waals surface area contributed by atoms with Crippen molar-refractivity contribution in [3.63, 3.8) is 0 Å². The van der Waals surface area contributed by atoms with E-state index in [9.17, 15) is 23.2 Å². The molecule has 0 aliphatic rings. The number of amides is 1. The van der Waals surface area contributed by atoms with Crippen LogP contribution in [-0.4, -0.2) is 39.6 Å². The van der Waals surface area contributed by atoms with Gasteiger partial charge in [-0.05, 0) is 0 Å². The largest absolute Gasteiger partial charge is 0.390 e. The van der Waals surface area contributed by atoms with Gasteiger partial charge in [-0.25, -0.2) is 13.6 Å². The lowest BCUT2D eigenvalue weighted by Crippen LogP contribution is -2.42. The molecule has 1 aromatic rings. The van der Waals surface area contributed by atoms with Gasteiger partial charge in [0.1, 0.15) is 13.2 Å². The Morgan fingerprint density at radius 3 is 2.72 bits per heavy atom. The number of hydrogen-bond acceptors (Lipinski definition) is 4. The van der Waals surface area contributed by atoms with E-state index >= 15 is 0 Å². The van der Waals surface area contributed by atoms with E-state index in [0.29, 0.717) is 0 Å². The van der Waals surface area contributed by atoms with Crippen molar-refractivity contribution in [3.8, 4) is 0 Å². The highest BCUT2D eigenvalue weighted by Crippen LogP contribution is 2.09. The van der Waals surface area contributed by atoms with E-state index in [2.05, 4.69) is 0 Å². The molecule has 0 bridgehead atoms. The van der Waals surface area contributed by atoms with Crippen molar-refractivity contribution in [2.45, 2.75) is 12.5 Å². The summed E-state index contributed by atoms with van der Waals surface area (Å²) in [4.78, 5) is 35.0. The minimum absolute atomic E-state index is 0.503. The highest BCUT2D eigenvalue weighted by Gasteiger charge is 2.28. The van der Waals surface area contributed by atoms with Crippen molar-refractivity contribution in [2.75, 3.05) is 13.2 Å². The number of rotatable bonds is 5. The van der Waals surface area contributed by atoms with Crippen molar-refractivity contribution in [2.24, 2.45) is 0 Å². The molecule has 1 heterocycles. The summed E-state index contributed by atoms with van der Waals surface area (Å²) in [6.07, 6.45) is 1.07. The second-order valence-corrected chi connectivity index (χ2v) is 3.53. The number of alkyl halides is 2. The first-order valence-corrected chi connectivity index (χ1v) is 4.89. The molecule has 3 N–H and O–H groups in total. The van der Waals surface area contributed by atoms with Gasteiger partial charge in [0.2, 0.25) is 5.91 Å². The number of nitrogens with one attached hydrogen (secondary N) is 2. The lowest BCUT2D eigenvalue weighted by Gasteiger charge is -2.14. The van der Waals surface area contributed by atoms with Crippen LogP contribution in [0.3, 0.4) is 0 Å². The van der Waals surface area contributed by atoms with Gasteiger partial charge < -0.3 is 10.4 Å². The summed E-state index contributed by atoms with van der Waals surface area (Å²) in [6, 6.07) is 1.02. The summed E-state index contributed by atoms with van der Waals surface area (Å²) >= 11 is 0. The maximum Gasteiger partial charge on any atom is 0.328 e. The van der Waals surface area contributed by atoms with E-state index in [1.807, 2.05) is 10.3 Å². The molecule has 0 unspecified atom stereocenters. The van der Waals surface area contributed by atoms with Crippen LogP contribution in [0.1, 0.15) is 0 Å². The Labute approximate surface area is 99.1 Å². The molecule has 7 nitrogen and oxygen atoms in total. The zero-order valence-electron chi connectivity index (χ0n) is 9.15. The zero-order valence-corrected chi connectivity index (χ0v) is 9.15. The van der Waals surface area contributed by atoms with E-state index in [-0.39, 0.29) is 0 Å². The molecule has 1 amide bonds. The fourth-order valence-corrected chi connectivity index (χ4v) is 1.06. The second-order valence-electron chi connectivity index (χ2n) is 3.53. The quantitative estimate of drug-likeness (QED) is 0.587. The highest BCUT2D eigenvalue weighted by atomic mass is 19.3. The van der Waals surface area contributed by atoms with E-state index in [1.165, 1.54) is 0 Å². The molecule has 18 heavy (non-hydrogen) atoms. The number of aliphatic hydroxyl groups excluding tert-OH is 1. The van der Waals surface area contributed by atoms with Crippen molar-refractivity contribution in [1.82, 2.24) is 14.9 Å². The van der Waals surface area contributed by atoms with Crippen molar-refractivity contribution in [1.29, 1.82) is 0 Å². The van der Waals surface area contributed by atoms with Gasteiger partial charge in [0, 0.05) is 12.3 Å². The molecule has 1 aromatic heterocycles. The SMILES string of the molecule is O=C(Cn1ccc(=O)[nH]c1=O)NCC(F)(F)CO. The molecule has 0 aliphatic heterocycles. The number of halogens is 2. The third-order valence-electron chi connectivity index (χ3n) is 1.99. The molecular formula is C9H11F2N3O4. The highest BCUT2D eigenvalue weighted by molar-refractivity contribution is 5.75. The van der Waals surface area contributed by atoms with Crippen LogP contribution in [0.4, 0.5) is 8.78 Å². The standard InChI is InChI=1S/C9H11F2N3O4/c10-9(11,5-15)4-12-7(17)3-14-2-1-6(16)13-8(14)18/h1-2,15H,3-5H2,(H,12,17)(H,13,16,18). The zero-order chi connectivity index (χ0) is 13.8. The lowest BCUT2D eigenvalue weighted by atomic mass is 10.3. The summed E-state index contributed by atoms with van der Waals surface area (Å²) in [5, 5.41) is 10.1. The molecule has 0 saturated heterocycles. The van der Waals surface area contributed by atoms with Crippen LogP contribution in [0, 0.1) is 0 Å². The van der Waals surface area contributed by atoms with E-state index in [1.54, 1.807) is 0 Å². The average molecular weight is 263 g/mol. The Balaban J connectivity index is 2.60. The van der Waals surface area contributed by atoms with Crippen molar-refractivity contribution in [3.05, 3.63) is 33.1 Å². The van der Waals surface area contributed by atoms with Gasteiger partial charge in [-0.15, -0.1) is 0 Å². The Hall–Kier alpha value is -2.03. The number of hydrogen-bond donors (Lipinski definition) is 3. The Morgan fingerprint density at radius 1 is 1.50 bits per heavy atom. The third-order valence-corrected chi connectivity index (χ3v) is 1.99. The minimum atomic E-state index is -3.41. The predicted octanol–water partition coefficient (Wildman–Crippen LogP) is -1.72. The van der Waals surface area contributed by atoms with Gasteiger partial charge in [-0.1, -0.05) is 0 Å². The summed E-state index contributed by atoms with van der Waals surface area (Å²) in [5.74, 6) is -4.25. The normalized spacial score (nSPS) is 11.3. The number of nitrogens with zero attached hydrogens (tertiary/aromatic N) is 1. The number of aliphatic hydroxyl groups is 1. The van der Waals surface area contributed by atoms with Crippen LogP contribution < -0.4 is 16.6 Å². The minimum Gasteiger partial charge on any atom is -0.390 e. The first-order chi connectivity index (χ1) is 8.34. The van der Waals surface area contributed by atoms with E-state index in [4.69, 9.17) is 5.11 Å². The van der Waals surface area contributed by atoms with Gasteiger partial charge in [-0.2, -0.15) is 0 Å². The van der Waals surface area contributed by atoms with E-state index in [0.717, 1.165) is 16.8 Å². The van der Waals surface area contributed by atoms with Gasteiger partial charge in [0.25, 0.3) is 11.5 Å². The van der Waals surface area contributed by atoms with E-state index < -0.39 is 42.8 Å². The molecule has 0 aliphatic carbocycles. The lowest BCUT2D eigenvalue weighted by molar-refractivity contribution is -0.124. The molecule has 0 fully saturated rings. The Bertz CT molecular complexity index is 537. The number of aromatic amines is 1. The Kier molecular flexibility index (Phi) is 4.32. The molecule has 0 aromatic carbocycles. The molecule has 0 radical (unpaired) electrons. The van der Waals surface area contributed by atoms with Crippen LogP contribution in [0.15, 0.2) is 21.9 Å². The van der Waals surface area contributed by atoms with Crippen LogP contribution in [-0.2, 0) is 11.3 Å². The topological polar surface area (TPSA) is 104 Å². The van der Waals surface area contributed by atoms with Crippen LogP contribution in [0.5, 0.6) is 0 Å². The van der Waals surface area contributed by atoms with Gasteiger partial charge >= 0.3 is 5.69 Å². The Morgan fingerprint density at radius 2 is 2.17 bits per heavy atom. The van der Waals surface area contributed by atoms with Gasteiger partial charge in [0.05, 0.1) is 6.54 Å². The molecule has 100 valence electrons. The van der Waals surface area contributed by atoms with Crippen LogP contribution in [0.25, 0.3) is 0 Å². The summed E-state index contributed by atoms with van der Waals surface area (Å²) < 4.78 is 26.1. The predicted molar refractivity (Wildman–Crippen MR) is 56.4 cm³/mol. The fourth-order valence-electron chi connectivity index (χ4n) is 1.06. The summed E-state index contributed by atoms with van der Waals surface area (Å²) in [6.45, 7) is -2.91. The van der Waals surface area contributed by atoms with Crippen LogP contribution in [0.2, 0.25) is 0 Å². The summed E-state index contributed by atoms with van der Waals surface area (Å²) in [7, 11) is 0. The van der Waals surface area contributed by atoms with Crippen molar-refractivity contribution >= 4 is 5.91 Å². The number of carbonyl (C=O) groups is 1. The first kappa shape index (κ1) is 14.0. The maximum absolute atomic E-state index is 12.6. The number of carbonyl (C=O) groups excluding carboxylic acids is 1. The van der Waals surface area contributed by atoms with Gasteiger partial charge in [0.15, 0.2) is 0 Å². The summed E-state index contributed by atoms with van der Waals surface area (Å²) in [5.41, 5.74) is -1.44. The monoisotopic (exact) mass is 263 g/mol. The van der Waals surface area contributed by atoms with Crippen molar-refractivity contribution < 1.29 is 18.7 Å². The molecule has 9 heteroatoms. The molecule has 1 rings (SSSR count). The maximum atomic E-state index is 12.6. The number of H-pyrrole nitrogens is 1. The average Bonchev–Trinajstić information content (AvgIpc) is 2.30. The third kappa shape index (κ3) is 4.09. The molecular weight excluding hydrogens is 252 g/mol. The first-order valence-electron chi connectivity index (χ1n) is 4.89. The smallest absolute Gasteiger partial charge is 0.328 e. The van der Waals surface area contributed by atoms with Gasteiger partial charge in [-0.3, -0.25) is 19.1 Å².